The lowest BCUT2D eigenvalue weighted by Crippen LogP contribution is -2.37. The van der Waals surface area contributed by atoms with Crippen molar-refractivity contribution in [2.24, 2.45) is 5.92 Å². The zero-order valence-electron chi connectivity index (χ0n) is 17.6. The number of H-pyrrole nitrogens is 1. The average Bonchev–Trinajstić information content (AvgIpc) is 3.21. The van der Waals surface area contributed by atoms with Gasteiger partial charge in [0.1, 0.15) is 23.5 Å². The van der Waals surface area contributed by atoms with Gasteiger partial charge in [0, 0.05) is 37.5 Å². The van der Waals surface area contributed by atoms with Crippen LogP contribution in [-0.4, -0.2) is 46.5 Å². The Morgan fingerprint density at radius 3 is 3.10 bits per heavy atom. The van der Waals surface area contributed by atoms with Crippen LogP contribution in [0.2, 0.25) is 0 Å². The van der Waals surface area contributed by atoms with Gasteiger partial charge in [-0.1, -0.05) is 6.07 Å². The van der Waals surface area contributed by atoms with Crippen LogP contribution in [0.4, 0.5) is 11.5 Å². The molecule has 1 aromatic carbocycles. The standard InChI is InChI=1S/C23H29N5O2/c1-16(2)30-20-7-3-6-18(12-20)25-13-19(29)11-17-5-4-10-28(14-17)23-21-8-9-24-22(21)26-15-27-23/h3,6-9,12,15-17,25H,4-5,10-11,13-14H2,1-2H3,(H,24,26,27). The maximum atomic E-state index is 12.6. The lowest BCUT2D eigenvalue weighted by atomic mass is 9.92. The fourth-order valence-electron chi connectivity index (χ4n) is 4.08. The van der Waals surface area contributed by atoms with E-state index in [0.717, 1.165) is 54.2 Å². The number of aromatic nitrogens is 3. The summed E-state index contributed by atoms with van der Waals surface area (Å²) in [7, 11) is 0. The maximum Gasteiger partial charge on any atom is 0.152 e. The van der Waals surface area contributed by atoms with Crippen LogP contribution in [0, 0.1) is 5.92 Å². The SMILES string of the molecule is CC(C)Oc1cccc(NCC(=O)CC2CCCN(c3ncnc4[nH]ccc34)C2)c1. The molecular weight excluding hydrogens is 378 g/mol. The summed E-state index contributed by atoms with van der Waals surface area (Å²) in [6, 6.07) is 9.78. The first-order valence-corrected chi connectivity index (χ1v) is 10.6. The molecule has 3 aromatic rings. The number of nitrogens with one attached hydrogen (secondary N) is 2. The minimum Gasteiger partial charge on any atom is -0.491 e. The summed E-state index contributed by atoms with van der Waals surface area (Å²) in [5.74, 6) is 2.34. The highest BCUT2D eigenvalue weighted by Crippen LogP contribution is 2.28. The predicted molar refractivity (Wildman–Crippen MR) is 119 cm³/mol. The summed E-state index contributed by atoms with van der Waals surface area (Å²) in [5.41, 5.74) is 1.76. The molecule has 7 heteroatoms. The van der Waals surface area contributed by atoms with Crippen LogP contribution in [0.1, 0.15) is 33.1 Å². The van der Waals surface area contributed by atoms with Gasteiger partial charge in [-0.3, -0.25) is 4.79 Å². The third kappa shape index (κ3) is 4.90. The van der Waals surface area contributed by atoms with Crippen LogP contribution in [0.3, 0.4) is 0 Å². The van der Waals surface area contributed by atoms with Crippen LogP contribution in [-0.2, 0) is 4.79 Å². The number of hydrogen-bond donors (Lipinski definition) is 2. The number of nitrogens with zero attached hydrogens (tertiary/aromatic N) is 3. The Hall–Kier alpha value is -3.09. The molecule has 4 rings (SSSR count). The largest absolute Gasteiger partial charge is 0.491 e. The Labute approximate surface area is 176 Å². The molecule has 1 saturated heterocycles. The smallest absolute Gasteiger partial charge is 0.152 e. The summed E-state index contributed by atoms with van der Waals surface area (Å²) in [5, 5.41) is 4.28. The number of benzene rings is 1. The molecule has 1 aliphatic rings. The van der Waals surface area contributed by atoms with Crippen LogP contribution in [0.25, 0.3) is 11.0 Å². The van der Waals surface area contributed by atoms with E-state index >= 15 is 0 Å². The number of aromatic amines is 1. The summed E-state index contributed by atoms with van der Waals surface area (Å²) in [6.45, 7) is 6.14. The molecule has 1 fully saturated rings. The molecule has 1 unspecified atom stereocenters. The normalized spacial score (nSPS) is 16.8. The average molecular weight is 408 g/mol. The second-order valence-corrected chi connectivity index (χ2v) is 8.18. The number of carbonyl (C=O) groups excluding carboxylic acids is 1. The quantitative estimate of drug-likeness (QED) is 0.587. The molecule has 0 saturated carbocycles. The topological polar surface area (TPSA) is 83.1 Å². The predicted octanol–water partition coefficient (Wildman–Crippen LogP) is 4.03. The number of Topliss-reactive ketones (excluding diaryl/α,β-unsaturated/α-hetero) is 1. The molecule has 0 bridgehead atoms. The van der Waals surface area contributed by atoms with Gasteiger partial charge in [-0.05, 0) is 50.8 Å². The Kier molecular flexibility index (Phi) is 6.16. The molecule has 1 atom stereocenters. The van der Waals surface area contributed by atoms with E-state index in [2.05, 4.69) is 25.2 Å². The first kappa shape index (κ1) is 20.2. The van der Waals surface area contributed by atoms with Crippen molar-refractivity contribution in [3.05, 3.63) is 42.9 Å². The van der Waals surface area contributed by atoms with Gasteiger partial charge in [0.2, 0.25) is 0 Å². The van der Waals surface area contributed by atoms with E-state index in [-0.39, 0.29) is 11.9 Å². The van der Waals surface area contributed by atoms with Crippen LogP contribution < -0.4 is 15.0 Å². The molecular formula is C23H29N5O2. The lowest BCUT2D eigenvalue weighted by Gasteiger charge is -2.33. The number of ether oxygens (including phenoxy) is 1. The molecule has 2 aromatic heterocycles. The van der Waals surface area contributed by atoms with Crippen molar-refractivity contribution >= 4 is 28.3 Å². The molecule has 0 radical (unpaired) electrons. The Morgan fingerprint density at radius 1 is 1.33 bits per heavy atom. The first-order valence-electron chi connectivity index (χ1n) is 10.6. The highest BCUT2D eigenvalue weighted by Gasteiger charge is 2.24. The molecule has 2 N–H and O–H groups in total. The highest BCUT2D eigenvalue weighted by atomic mass is 16.5. The van der Waals surface area contributed by atoms with E-state index in [1.54, 1.807) is 6.33 Å². The highest BCUT2D eigenvalue weighted by molar-refractivity contribution is 5.87. The number of ketones is 1. The van der Waals surface area contributed by atoms with Crippen molar-refractivity contribution in [3.8, 4) is 5.75 Å². The van der Waals surface area contributed by atoms with Gasteiger partial charge >= 0.3 is 0 Å². The zero-order chi connectivity index (χ0) is 20.9. The van der Waals surface area contributed by atoms with E-state index in [1.165, 1.54) is 0 Å². The van der Waals surface area contributed by atoms with E-state index in [4.69, 9.17) is 4.74 Å². The second-order valence-electron chi connectivity index (χ2n) is 8.18. The molecule has 158 valence electrons. The van der Waals surface area contributed by atoms with E-state index in [9.17, 15) is 4.79 Å². The van der Waals surface area contributed by atoms with Crippen molar-refractivity contribution in [1.82, 2.24) is 15.0 Å². The number of anilines is 2. The van der Waals surface area contributed by atoms with Crippen LogP contribution in [0.5, 0.6) is 5.75 Å². The minimum absolute atomic E-state index is 0.124. The Balaban J connectivity index is 1.32. The second kappa shape index (κ2) is 9.15. The third-order valence-electron chi connectivity index (χ3n) is 5.36. The minimum atomic E-state index is 0.124. The van der Waals surface area contributed by atoms with Crippen molar-refractivity contribution < 1.29 is 9.53 Å². The molecule has 7 nitrogen and oxygen atoms in total. The molecule has 3 heterocycles. The van der Waals surface area contributed by atoms with Gasteiger partial charge in [-0.25, -0.2) is 9.97 Å². The van der Waals surface area contributed by atoms with E-state index < -0.39 is 0 Å². The van der Waals surface area contributed by atoms with Gasteiger partial charge in [-0.15, -0.1) is 0 Å². The van der Waals surface area contributed by atoms with Gasteiger partial charge < -0.3 is 19.9 Å². The number of rotatable bonds is 8. The van der Waals surface area contributed by atoms with Gasteiger partial charge in [0.05, 0.1) is 18.0 Å². The summed E-state index contributed by atoms with van der Waals surface area (Å²) < 4.78 is 5.72. The monoisotopic (exact) mass is 407 g/mol. The first-order chi connectivity index (χ1) is 14.6. The van der Waals surface area contributed by atoms with Crippen molar-refractivity contribution in [3.63, 3.8) is 0 Å². The Morgan fingerprint density at radius 2 is 2.23 bits per heavy atom. The molecule has 1 aliphatic heterocycles. The van der Waals surface area contributed by atoms with Crippen molar-refractivity contribution in [1.29, 1.82) is 0 Å². The van der Waals surface area contributed by atoms with Crippen LogP contribution >= 0.6 is 0 Å². The van der Waals surface area contributed by atoms with Gasteiger partial charge in [0.15, 0.2) is 5.78 Å². The number of hydrogen-bond acceptors (Lipinski definition) is 6. The molecule has 30 heavy (non-hydrogen) atoms. The summed E-state index contributed by atoms with van der Waals surface area (Å²) in [6.07, 6.45) is 6.33. The molecule has 0 aliphatic carbocycles. The van der Waals surface area contributed by atoms with Gasteiger partial charge in [0.25, 0.3) is 0 Å². The van der Waals surface area contributed by atoms with Gasteiger partial charge in [-0.2, -0.15) is 0 Å². The number of piperidine rings is 1. The fraction of sp³-hybridized carbons (Fsp3) is 0.435. The summed E-state index contributed by atoms with van der Waals surface area (Å²) in [4.78, 5) is 26.8. The van der Waals surface area contributed by atoms with E-state index in [0.29, 0.717) is 18.9 Å². The van der Waals surface area contributed by atoms with Crippen LogP contribution in [0.15, 0.2) is 42.9 Å². The number of fused-ring (bicyclic) bond motifs is 1. The summed E-state index contributed by atoms with van der Waals surface area (Å²) >= 11 is 0. The lowest BCUT2D eigenvalue weighted by molar-refractivity contribution is -0.118. The van der Waals surface area contributed by atoms with Crippen molar-refractivity contribution in [2.75, 3.05) is 29.9 Å². The molecule has 0 amide bonds. The zero-order valence-corrected chi connectivity index (χ0v) is 17.6. The fourth-order valence-corrected chi connectivity index (χ4v) is 4.08. The third-order valence-corrected chi connectivity index (χ3v) is 5.36. The maximum absolute atomic E-state index is 12.6. The Bertz CT molecular complexity index is 1000. The van der Waals surface area contributed by atoms with E-state index in [1.807, 2.05) is 50.4 Å². The van der Waals surface area contributed by atoms with Crippen molar-refractivity contribution in [2.45, 2.75) is 39.2 Å². The molecule has 0 spiro atoms. The number of carbonyl (C=O) groups is 1.